The first-order chi connectivity index (χ1) is 18.0. The number of fused-ring (bicyclic) bond motifs is 3. The smallest absolute Gasteiger partial charge is 0.387 e. The number of phosphoric acid groups is 1. The number of nitrogens with one attached hydrogen (secondary N) is 1. The maximum absolute atomic E-state index is 12.9. The zero-order valence-electron chi connectivity index (χ0n) is 19.5. The third kappa shape index (κ3) is 5.20. The fourth-order valence-electron chi connectivity index (χ4n) is 5.02. The number of halogens is 1. The zero-order valence-corrected chi connectivity index (χ0v) is 24.2. The maximum Gasteiger partial charge on any atom is 0.472 e. The van der Waals surface area contributed by atoms with Crippen LogP contribution in [0.3, 0.4) is 0 Å². The molecule has 2 bridgehead atoms. The molecule has 2 unspecified atom stereocenters. The lowest BCUT2D eigenvalue weighted by Gasteiger charge is -2.25. The van der Waals surface area contributed by atoms with Gasteiger partial charge in [0.1, 0.15) is 58.5 Å². The van der Waals surface area contributed by atoms with Gasteiger partial charge in [-0.2, -0.15) is 0 Å². The summed E-state index contributed by atoms with van der Waals surface area (Å²) in [7, 11) is -4.79. The Kier molecular flexibility index (Phi) is 7.66. The zero-order chi connectivity index (χ0) is 26.8. The summed E-state index contributed by atoms with van der Waals surface area (Å²) >= 11 is 6.97. The number of hydrogen-bond acceptors (Lipinski definition) is 13. The van der Waals surface area contributed by atoms with Gasteiger partial charge < -0.3 is 43.9 Å². The summed E-state index contributed by atoms with van der Waals surface area (Å²) < 4.78 is 46.8. The largest absolute Gasteiger partial charge is 0.472 e. The van der Waals surface area contributed by atoms with E-state index in [9.17, 15) is 24.6 Å². The van der Waals surface area contributed by atoms with Gasteiger partial charge in [0.05, 0.1) is 18.6 Å². The van der Waals surface area contributed by atoms with E-state index in [0.717, 1.165) is 30.3 Å². The SMILES string of the molecule is O=P1(O)OC[C@H]2O[C@@H](I)[C@H](OP(O)(=S)OC[C@H]3O[C@@H](n4cc5c6c(ncnc64)NCCC5)[C@H](O)[C@@H]3O1)[C@@H]2O. The molecule has 0 saturated carbocycles. The van der Waals surface area contributed by atoms with Crippen LogP contribution < -0.4 is 5.32 Å². The van der Waals surface area contributed by atoms with Gasteiger partial charge in [-0.15, -0.1) is 0 Å². The van der Waals surface area contributed by atoms with Gasteiger partial charge in [-0.1, -0.05) is 0 Å². The minimum absolute atomic E-state index is 0.459. The number of aliphatic hydroxyl groups is 2. The molecular formula is C19H25IN4O11P2S. The second kappa shape index (κ2) is 10.5. The first-order valence-electron chi connectivity index (χ1n) is 11.7. The molecule has 2 aromatic heterocycles. The fraction of sp³-hybridized carbons (Fsp3) is 0.684. The third-order valence-electron chi connectivity index (χ3n) is 6.78. The van der Waals surface area contributed by atoms with E-state index in [2.05, 4.69) is 15.3 Å². The van der Waals surface area contributed by atoms with Crippen molar-refractivity contribution in [2.75, 3.05) is 25.1 Å². The van der Waals surface area contributed by atoms with Gasteiger partial charge in [-0.3, -0.25) is 13.6 Å². The molecule has 6 heterocycles. The summed E-state index contributed by atoms with van der Waals surface area (Å²) in [4.78, 5) is 29.8. The van der Waals surface area contributed by atoms with Crippen molar-refractivity contribution in [2.24, 2.45) is 0 Å². The van der Waals surface area contributed by atoms with Crippen LogP contribution in [0.2, 0.25) is 0 Å². The highest BCUT2D eigenvalue weighted by molar-refractivity contribution is 14.1. The topological polar surface area (TPSA) is 196 Å². The molecule has 0 spiro atoms. The first-order valence-corrected chi connectivity index (χ1v) is 17.1. The van der Waals surface area contributed by atoms with Crippen LogP contribution in [-0.4, -0.2) is 95.0 Å². The number of alkyl halides is 1. The van der Waals surface area contributed by atoms with Gasteiger partial charge in [-0.05, 0) is 52.8 Å². The average Bonchev–Trinajstić information content (AvgIpc) is 3.39. The van der Waals surface area contributed by atoms with Crippen molar-refractivity contribution in [2.45, 2.75) is 59.8 Å². The van der Waals surface area contributed by atoms with Crippen LogP contribution in [-0.2, 0) is 50.4 Å². The molecule has 0 aliphatic carbocycles. The number of aliphatic hydroxyl groups excluding tert-OH is 2. The van der Waals surface area contributed by atoms with Crippen LogP contribution in [0.5, 0.6) is 0 Å². The molecule has 4 aliphatic heterocycles. The lowest BCUT2D eigenvalue weighted by molar-refractivity contribution is -0.0508. The minimum atomic E-state index is -4.79. The number of anilines is 1. The van der Waals surface area contributed by atoms with Crippen LogP contribution in [0, 0.1) is 0 Å². The van der Waals surface area contributed by atoms with E-state index >= 15 is 0 Å². The Hall–Kier alpha value is -0.370. The third-order valence-corrected chi connectivity index (χ3v) is 10.3. The van der Waals surface area contributed by atoms with Crippen molar-refractivity contribution in [3.05, 3.63) is 18.1 Å². The minimum Gasteiger partial charge on any atom is -0.387 e. The Labute approximate surface area is 234 Å². The molecule has 6 rings (SSSR count). The molecule has 15 nitrogen and oxygen atoms in total. The molecule has 5 N–H and O–H groups in total. The van der Waals surface area contributed by atoms with E-state index in [0.29, 0.717) is 11.5 Å². The number of phosphoric ester groups is 1. The fourth-order valence-corrected chi connectivity index (χ4v) is 8.59. The molecule has 19 heteroatoms. The molecule has 4 aliphatic rings. The van der Waals surface area contributed by atoms with Crippen molar-refractivity contribution < 1.29 is 52.1 Å². The van der Waals surface area contributed by atoms with E-state index in [4.69, 9.17) is 39.4 Å². The van der Waals surface area contributed by atoms with Crippen molar-refractivity contribution in [3.63, 3.8) is 0 Å². The van der Waals surface area contributed by atoms with Crippen LogP contribution in [0.15, 0.2) is 12.5 Å². The second-order valence-corrected chi connectivity index (χ2v) is 14.7. The van der Waals surface area contributed by atoms with E-state index in [1.807, 2.05) is 22.6 Å². The molecular weight excluding hydrogens is 681 g/mol. The Morgan fingerprint density at radius 3 is 2.68 bits per heavy atom. The molecule has 2 aromatic rings. The van der Waals surface area contributed by atoms with Crippen molar-refractivity contribution in [3.8, 4) is 0 Å². The van der Waals surface area contributed by atoms with E-state index in [-0.39, 0.29) is 0 Å². The highest BCUT2D eigenvalue weighted by Gasteiger charge is 2.52. The molecule has 210 valence electrons. The lowest BCUT2D eigenvalue weighted by atomic mass is 10.1. The van der Waals surface area contributed by atoms with Gasteiger partial charge in [0.25, 0.3) is 0 Å². The summed E-state index contributed by atoms with van der Waals surface area (Å²) in [5, 5.41) is 25.9. The molecule has 0 amide bonds. The van der Waals surface area contributed by atoms with Crippen LogP contribution in [0.4, 0.5) is 5.82 Å². The first kappa shape index (κ1) is 27.8. The monoisotopic (exact) mass is 706 g/mol. The Balaban J connectivity index is 1.33. The summed E-state index contributed by atoms with van der Waals surface area (Å²) in [6.07, 6.45) is -3.86. The predicted molar refractivity (Wildman–Crippen MR) is 141 cm³/mol. The van der Waals surface area contributed by atoms with Crippen LogP contribution in [0.25, 0.3) is 11.0 Å². The van der Waals surface area contributed by atoms with Crippen molar-refractivity contribution in [1.29, 1.82) is 0 Å². The molecule has 38 heavy (non-hydrogen) atoms. The average molecular weight is 706 g/mol. The van der Waals surface area contributed by atoms with Gasteiger partial charge in [0.15, 0.2) is 6.23 Å². The number of ether oxygens (including phenoxy) is 2. The maximum atomic E-state index is 12.9. The molecule has 10 atom stereocenters. The van der Waals surface area contributed by atoms with E-state index < -0.39 is 74.7 Å². The lowest BCUT2D eigenvalue weighted by Crippen LogP contribution is -2.36. The molecule has 3 saturated heterocycles. The normalized spacial score (nSPS) is 43.9. The Bertz CT molecular complexity index is 1320. The number of aromatic nitrogens is 3. The number of aryl methyl sites for hydroxylation is 1. The van der Waals surface area contributed by atoms with Gasteiger partial charge in [-0.25, -0.2) is 14.5 Å². The van der Waals surface area contributed by atoms with E-state index in [1.54, 1.807) is 10.8 Å². The second-order valence-electron chi connectivity index (χ2n) is 9.25. The number of nitrogens with zero attached hydrogens (tertiary/aromatic N) is 3. The van der Waals surface area contributed by atoms with Crippen LogP contribution in [0.1, 0.15) is 18.2 Å². The van der Waals surface area contributed by atoms with Crippen molar-refractivity contribution in [1.82, 2.24) is 14.5 Å². The highest BCUT2D eigenvalue weighted by atomic mass is 127. The van der Waals surface area contributed by atoms with E-state index in [1.165, 1.54) is 6.33 Å². The van der Waals surface area contributed by atoms with Gasteiger partial charge in [0.2, 0.25) is 0 Å². The molecule has 0 aromatic carbocycles. The summed E-state index contributed by atoms with van der Waals surface area (Å²) in [6, 6.07) is 0. The number of rotatable bonds is 1. The number of hydrogen-bond donors (Lipinski definition) is 5. The summed E-state index contributed by atoms with van der Waals surface area (Å²) in [6.45, 7) is -4.18. The summed E-state index contributed by atoms with van der Waals surface area (Å²) in [5.41, 5.74) is 1.45. The van der Waals surface area contributed by atoms with Crippen LogP contribution >= 0.6 is 37.1 Å². The quantitative estimate of drug-likeness (QED) is 0.158. The highest BCUT2D eigenvalue weighted by Crippen LogP contribution is 2.53. The Morgan fingerprint density at radius 2 is 1.87 bits per heavy atom. The predicted octanol–water partition coefficient (Wildman–Crippen LogP) is 0.703. The molecule has 0 radical (unpaired) electrons. The standard InChI is InChI=1S/C19H25IN4O11P2S/c20-16-15-12(25)9(32-16)5-30-36(27,28)34-14-10(6-31-37(29,38)35-15)33-19(13(14)26)24-4-8-2-1-3-21-17-11(8)18(24)23-7-22-17/h4,7,9-10,12-16,19,25-26H,1-3,5-6H2,(H,27,28)(H,29,38)(H,21,22,23)/t9-,10-,12-,13-,14-,15-,16-,19-,37?/m1/s1. The summed E-state index contributed by atoms with van der Waals surface area (Å²) in [5.74, 6) is 0.662. The Morgan fingerprint density at radius 1 is 1.08 bits per heavy atom. The van der Waals surface area contributed by atoms with Crippen molar-refractivity contribution >= 4 is 65.8 Å². The van der Waals surface area contributed by atoms with Gasteiger partial charge >= 0.3 is 14.5 Å². The van der Waals surface area contributed by atoms with Gasteiger partial charge in [0, 0.05) is 12.7 Å². The molecule has 3 fully saturated rings.